The summed E-state index contributed by atoms with van der Waals surface area (Å²) < 4.78 is 5.70. The lowest BCUT2D eigenvalue weighted by Crippen LogP contribution is -2.20. The van der Waals surface area contributed by atoms with Gasteiger partial charge in [-0.2, -0.15) is 0 Å². The molecule has 0 saturated heterocycles. The molecule has 5 heteroatoms. The molecule has 0 fully saturated rings. The second-order valence-corrected chi connectivity index (χ2v) is 5.59. The van der Waals surface area contributed by atoms with Gasteiger partial charge >= 0.3 is 0 Å². The van der Waals surface area contributed by atoms with E-state index >= 15 is 0 Å². The van der Waals surface area contributed by atoms with E-state index in [0.29, 0.717) is 21.5 Å². The Morgan fingerprint density at radius 1 is 1.14 bits per heavy atom. The first-order valence-corrected chi connectivity index (χ1v) is 7.68. The zero-order valence-corrected chi connectivity index (χ0v) is 13.6. The summed E-state index contributed by atoms with van der Waals surface area (Å²) in [7, 11) is 0. The molecule has 0 radical (unpaired) electrons. The third kappa shape index (κ3) is 4.60. The molecule has 2 aromatic rings. The van der Waals surface area contributed by atoms with Crippen LogP contribution in [0.15, 0.2) is 36.5 Å². The van der Waals surface area contributed by atoms with Crippen molar-refractivity contribution in [3.63, 3.8) is 0 Å². The molecule has 0 bridgehead atoms. The van der Waals surface area contributed by atoms with Gasteiger partial charge in [0.25, 0.3) is 0 Å². The van der Waals surface area contributed by atoms with E-state index in [1.165, 1.54) is 0 Å². The van der Waals surface area contributed by atoms with Gasteiger partial charge in [-0.15, -0.1) is 0 Å². The molecule has 0 aliphatic heterocycles. The van der Waals surface area contributed by atoms with E-state index in [0.717, 1.165) is 18.7 Å². The molecule has 1 N–H and O–H groups in total. The molecule has 1 aromatic heterocycles. The first-order chi connectivity index (χ1) is 10.1. The van der Waals surface area contributed by atoms with Gasteiger partial charge in [0.05, 0.1) is 21.9 Å². The van der Waals surface area contributed by atoms with Crippen LogP contribution in [0.1, 0.15) is 32.0 Å². The lowest BCUT2D eigenvalue weighted by molar-refractivity contribution is 0.478. The Kier molecular flexibility index (Phi) is 5.85. The fourth-order valence-corrected chi connectivity index (χ4v) is 2.14. The van der Waals surface area contributed by atoms with Crippen molar-refractivity contribution < 1.29 is 4.74 Å². The van der Waals surface area contributed by atoms with E-state index in [1.54, 1.807) is 24.4 Å². The van der Waals surface area contributed by atoms with E-state index < -0.39 is 0 Å². The minimum atomic E-state index is 0.226. The predicted octanol–water partition coefficient (Wildman–Crippen LogP) is 5.24. The highest BCUT2D eigenvalue weighted by molar-refractivity contribution is 6.42. The third-order valence-electron chi connectivity index (χ3n) is 3.03. The van der Waals surface area contributed by atoms with Gasteiger partial charge in [-0.25, -0.2) is 0 Å². The number of halogens is 2. The first-order valence-electron chi connectivity index (χ1n) is 6.92. The third-order valence-corrected chi connectivity index (χ3v) is 3.77. The number of hydrogen-bond donors (Lipinski definition) is 1. The van der Waals surface area contributed by atoms with Crippen LogP contribution in [-0.2, 0) is 0 Å². The quantitative estimate of drug-likeness (QED) is 0.788. The van der Waals surface area contributed by atoms with E-state index in [9.17, 15) is 0 Å². The fraction of sp³-hybridized carbons (Fsp3) is 0.312. The number of pyridine rings is 1. The van der Waals surface area contributed by atoms with Gasteiger partial charge in [0.1, 0.15) is 11.5 Å². The average Bonchev–Trinajstić information content (AvgIpc) is 2.49. The molecule has 1 unspecified atom stereocenters. The maximum Gasteiger partial charge on any atom is 0.145 e. The number of rotatable bonds is 6. The molecule has 1 aromatic carbocycles. The Morgan fingerprint density at radius 3 is 2.52 bits per heavy atom. The second kappa shape index (κ2) is 7.64. The Morgan fingerprint density at radius 2 is 1.90 bits per heavy atom. The van der Waals surface area contributed by atoms with Crippen molar-refractivity contribution in [1.82, 2.24) is 10.3 Å². The highest BCUT2D eigenvalue weighted by Crippen LogP contribution is 2.29. The summed E-state index contributed by atoms with van der Waals surface area (Å²) in [6.07, 6.45) is 2.81. The van der Waals surface area contributed by atoms with Crippen LogP contribution in [0.2, 0.25) is 10.0 Å². The number of hydrogen-bond acceptors (Lipinski definition) is 3. The second-order valence-electron chi connectivity index (χ2n) is 4.77. The van der Waals surface area contributed by atoms with Crippen molar-refractivity contribution in [2.45, 2.75) is 26.3 Å². The van der Waals surface area contributed by atoms with Crippen LogP contribution < -0.4 is 10.1 Å². The molecule has 0 aliphatic carbocycles. The standard InChI is InChI=1S/C16H18Cl2N2O/c1-3-8-19-11(2)16-7-5-13(10-20-16)21-12-4-6-14(17)15(18)9-12/h4-7,9-11,19H,3,8H2,1-2H3. The summed E-state index contributed by atoms with van der Waals surface area (Å²) in [6, 6.07) is 9.24. The summed E-state index contributed by atoms with van der Waals surface area (Å²) in [5.41, 5.74) is 0.991. The summed E-state index contributed by atoms with van der Waals surface area (Å²) in [5.74, 6) is 1.30. The van der Waals surface area contributed by atoms with E-state index in [4.69, 9.17) is 27.9 Å². The summed E-state index contributed by atoms with van der Waals surface area (Å²) in [4.78, 5) is 4.42. The van der Waals surface area contributed by atoms with Crippen molar-refractivity contribution in [2.75, 3.05) is 6.54 Å². The molecule has 1 atom stereocenters. The number of benzene rings is 1. The van der Waals surface area contributed by atoms with Gasteiger partial charge in [-0.1, -0.05) is 30.1 Å². The van der Waals surface area contributed by atoms with Gasteiger partial charge in [0, 0.05) is 12.1 Å². The molecule has 2 rings (SSSR count). The minimum Gasteiger partial charge on any atom is -0.456 e. The van der Waals surface area contributed by atoms with Gasteiger partial charge in [0.15, 0.2) is 0 Å². The van der Waals surface area contributed by atoms with Crippen LogP contribution in [0, 0.1) is 0 Å². The van der Waals surface area contributed by atoms with Crippen molar-refractivity contribution in [3.05, 3.63) is 52.3 Å². The highest BCUT2D eigenvalue weighted by Gasteiger charge is 2.07. The lowest BCUT2D eigenvalue weighted by atomic mass is 10.2. The van der Waals surface area contributed by atoms with E-state index in [2.05, 4.69) is 24.1 Å². The molecule has 0 spiro atoms. The molecular weight excluding hydrogens is 307 g/mol. The molecule has 112 valence electrons. The molecule has 1 heterocycles. The number of aromatic nitrogens is 1. The van der Waals surface area contributed by atoms with Crippen LogP contribution in [0.5, 0.6) is 11.5 Å². The van der Waals surface area contributed by atoms with Crippen LogP contribution in [0.4, 0.5) is 0 Å². The first kappa shape index (κ1) is 16.1. The Bertz CT molecular complexity index is 587. The normalized spacial score (nSPS) is 12.2. The van der Waals surface area contributed by atoms with Gasteiger partial charge in [0.2, 0.25) is 0 Å². The smallest absolute Gasteiger partial charge is 0.145 e. The zero-order valence-electron chi connectivity index (χ0n) is 12.1. The van der Waals surface area contributed by atoms with Crippen LogP contribution in [0.25, 0.3) is 0 Å². The van der Waals surface area contributed by atoms with Gasteiger partial charge < -0.3 is 10.1 Å². The lowest BCUT2D eigenvalue weighted by Gasteiger charge is -2.13. The van der Waals surface area contributed by atoms with Crippen molar-refractivity contribution in [3.8, 4) is 11.5 Å². The molecule has 0 aliphatic rings. The van der Waals surface area contributed by atoms with Gasteiger partial charge in [-0.05, 0) is 44.2 Å². The monoisotopic (exact) mass is 324 g/mol. The Hall–Kier alpha value is -1.29. The highest BCUT2D eigenvalue weighted by atomic mass is 35.5. The van der Waals surface area contributed by atoms with Crippen LogP contribution >= 0.6 is 23.2 Å². The Balaban J connectivity index is 2.03. The maximum absolute atomic E-state index is 5.96. The predicted molar refractivity (Wildman–Crippen MR) is 87.5 cm³/mol. The number of nitrogens with zero attached hydrogens (tertiary/aromatic N) is 1. The maximum atomic E-state index is 5.96. The largest absolute Gasteiger partial charge is 0.456 e. The summed E-state index contributed by atoms with van der Waals surface area (Å²) >= 11 is 11.8. The topological polar surface area (TPSA) is 34.1 Å². The molecule has 3 nitrogen and oxygen atoms in total. The van der Waals surface area contributed by atoms with Crippen molar-refractivity contribution in [2.24, 2.45) is 0 Å². The van der Waals surface area contributed by atoms with Gasteiger partial charge in [-0.3, -0.25) is 4.98 Å². The minimum absolute atomic E-state index is 0.226. The van der Waals surface area contributed by atoms with Crippen molar-refractivity contribution in [1.29, 1.82) is 0 Å². The molecular formula is C16H18Cl2N2O. The Labute approximate surface area is 135 Å². The molecule has 0 saturated carbocycles. The average molecular weight is 325 g/mol. The number of ether oxygens (including phenoxy) is 1. The summed E-state index contributed by atoms with van der Waals surface area (Å²) in [6.45, 7) is 5.21. The SMILES string of the molecule is CCCNC(C)c1ccc(Oc2ccc(Cl)c(Cl)c2)cn1. The van der Waals surface area contributed by atoms with E-state index in [1.807, 2.05) is 12.1 Å². The zero-order chi connectivity index (χ0) is 15.2. The summed E-state index contributed by atoms with van der Waals surface area (Å²) in [5, 5.41) is 4.37. The van der Waals surface area contributed by atoms with Crippen molar-refractivity contribution >= 4 is 23.2 Å². The molecule has 21 heavy (non-hydrogen) atoms. The fourth-order valence-electron chi connectivity index (χ4n) is 1.85. The van der Waals surface area contributed by atoms with Crippen LogP contribution in [-0.4, -0.2) is 11.5 Å². The molecule has 0 amide bonds. The van der Waals surface area contributed by atoms with Crippen LogP contribution in [0.3, 0.4) is 0 Å². The van der Waals surface area contributed by atoms with E-state index in [-0.39, 0.29) is 6.04 Å². The number of nitrogens with one attached hydrogen (secondary N) is 1.